The van der Waals surface area contributed by atoms with E-state index in [9.17, 15) is 23.4 Å². The Labute approximate surface area is 339 Å². The number of benzene rings is 5. The van der Waals surface area contributed by atoms with Gasteiger partial charge in [-0.25, -0.2) is 8.42 Å². The molecular weight excluding hydrogens is 762 g/mol. The summed E-state index contributed by atoms with van der Waals surface area (Å²) < 4.78 is 42.8. The molecule has 0 spiro atoms. The Balaban J connectivity index is 1.08. The lowest BCUT2D eigenvalue weighted by atomic mass is 9.84. The summed E-state index contributed by atoms with van der Waals surface area (Å²) in [7, 11) is -4.02. The zero-order valence-electron chi connectivity index (χ0n) is 31.8. The number of sulfonamides is 1. The average Bonchev–Trinajstić information content (AvgIpc) is 3.22. The number of nitrogens with zero attached hydrogens (tertiary/aromatic N) is 1. The van der Waals surface area contributed by atoms with Crippen LogP contribution in [0, 0.1) is 6.92 Å². The van der Waals surface area contributed by atoms with Crippen molar-refractivity contribution in [2.24, 2.45) is 0 Å². The predicted octanol–water partition coefficient (Wildman–Crippen LogP) is 7.20. The molecule has 57 heavy (non-hydrogen) atoms. The standard InChI is InChI=1S/C45H48ClN3O7S/c1-31-10-20-40(21-11-31)57(53,54)48-41(26-32-6-3-2-4-7-32)43(51)47-38-9-5-8-35(27-38)44-55-39(28-42(56-44)34-14-12-33(30-50)13-15-34)29-49-24-22-45(52,23-25-49)36-16-18-37(46)19-17-36/h2-21,27,39,41-42,44,48,50,52H,22-26,28-30H2,1H3,(H,47,51)/t39-,41+,42+,44+/m0/s1. The molecule has 12 heteroatoms. The van der Waals surface area contributed by atoms with Crippen molar-refractivity contribution in [3.8, 4) is 0 Å². The summed E-state index contributed by atoms with van der Waals surface area (Å²) in [6.07, 6.45) is 0.547. The van der Waals surface area contributed by atoms with Crippen molar-refractivity contribution in [1.82, 2.24) is 9.62 Å². The highest BCUT2D eigenvalue weighted by atomic mass is 35.5. The van der Waals surface area contributed by atoms with Gasteiger partial charge in [0.1, 0.15) is 6.04 Å². The van der Waals surface area contributed by atoms with Gasteiger partial charge in [0.15, 0.2) is 6.29 Å². The number of halogens is 1. The third-order valence-corrected chi connectivity index (χ3v) is 12.5. The van der Waals surface area contributed by atoms with Gasteiger partial charge < -0.3 is 29.9 Å². The normalized spacial score (nSPS) is 20.5. The fourth-order valence-corrected chi connectivity index (χ4v) is 8.80. The molecule has 0 saturated carbocycles. The number of hydrogen-bond donors (Lipinski definition) is 4. The van der Waals surface area contributed by atoms with Gasteiger partial charge in [-0.15, -0.1) is 0 Å². The smallest absolute Gasteiger partial charge is 0.242 e. The van der Waals surface area contributed by atoms with Crippen LogP contribution in [0.4, 0.5) is 5.69 Å². The van der Waals surface area contributed by atoms with E-state index in [-0.39, 0.29) is 30.1 Å². The van der Waals surface area contributed by atoms with Crippen LogP contribution in [-0.2, 0) is 42.9 Å². The second kappa shape index (κ2) is 18.0. The highest BCUT2D eigenvalue weighted by Gasteiger charge is 2.38. The van der Waals surface area contributed by atoms with Crippen molar-refractivity contribution >= 4 is 33.2 Å². The molecule has 0 bridgehead atoms. The molecular formula is C45H48ClN3O7S. The summed E-state index contributed by atoms with van der Waals surface area (Å²) in [6, 6.07) is 36.9. The van der Waals surface area contributed by atoms with E-state index in [1.807, 2.05) is 91.9 Å². The van der Waals surface area contributed by atoms with Crippen LogP contribution in [0.5, 0.6) is 0 Å². The van der Waals surface area contributed by atoms with E-state index in [4.69, 9.17) is 21.1 Å². The van der Waals surface area contributed by atoms with E-state index in [1.54, 1.807) is 30.3 Å². The van der Waals surface area contributed by atoms with Crippen LogP contribution in [0.3, 0.4) is 0 Å². The Morgan fingerprint density at radius 1 is 0.860 bits per heavy atom. The van der Waals surface area contributed by atoms with Crippen LogP contribution in [0.25, 0.3) is 0 Å². The topological polar surface area (TPSA) is 137 Å². The maximum absolute atomic E-state index is 13.9. The first-order valence-electron chi connectivity index (χ1n) is 19.2. The van der Waals surface area contributed by atoms with Crippen molar-refractivity contribution < 1.29 is 32.9 Å². The van der Waals surface area contributed by atoms with E-state index < -0.39 is 33.9 Å². The van der Waals surface area contributed by atoms with E-state index in [0.29, 0.717) is 55.2 Å². The Kier molecular flexibility index (Phi) is 12.9. The van der Waals surface area contributed by atoms with Gasteiger partial charge in [-0.3, -0.25) is 4.79 Å². The molecule has 2 fully saturated rings. The molecule has 2 aliphatic heterocycles. The molecule has 4 atom stereocenters. The SMILES string of the molecule is Cc1ccc(S(=O)(=O)N[C@H](Cc2ccccc2)C(=O)Nc2cccc([C@@H]3O[C@H](CN4CCC(O)(c5ccc(Cl)cc5)CC4)C[C@H](c4ccc(CO)cc4)O3)c2)cc1. The first-order chi connectivity index (χ1) is 27.5. The number of likely N-dealkylation sites (tertiary alicyclic amines) is 1. The lowest BCUT2D eigenvalue weighted by molar-refractivity contribution is -0.253. The van der Waals surface area contributed by atoms with E-state index in [0.717, 1.165) is 27.8 Å². The maximum Gasteiger partial charge on any atom is 0.242 e. The molecule has 0 aromatic heterocycles. The highest BCUT2D eigenvalue weighted by Crippen LogP contribution is 2.40. The van der Waals surface area contributed by atoms with Gasteiger partial charge in [0, 0.05) is 42.3 Å². The maximum atomic E-state index is 13.9. The molecule has 0 radical (unpaired) electrons. The van der Waals surface area contributed by atoms with Gasteiger partial charge in [-0.2, -0.15) is 4.72 Å². The molecule has 0 unspecified atom stereocenters. The third-order valence-electron chi connectivity index (χ3n) is 10.8. The zero-order chi connectivity index (χ0) is 40.0. The van der Waals surface area contributed by atoms with Gasteiger partial charge in [-0.1, -0.05) is 108 Å². The minimum atomic E-state index is -4.02. The Morgan fingerprint density at radius 2 is 1.56 bits per heavy atom. The second-order valence-corrected chi connectivity index (χ2v) is 17.1. The van der Waals surface area contributed by atoms with E-state index >= 15 is 0 Å². The number of anilines is 1. The number of rotatable bonds is 13. The molecule has 10 nitrogen and oxygen atoms in total. The highest BCUT2D eigenvalue weighted by molar-refractivity contribution is 7.89. The van der Waals surface area contributed by atoms with E-state index in [2.05, 4.69) is 14.9 Å². The number of aliphatic hydroxyl groups is 2. The Morgan fingerprint density at radius 3 is 2.25 bits per heavy atom. The average molecular weight is 810 g/mol. The predicted molar refractivity (Wildman–Crippen MR) is 220 cm³/mol. The van der Waals surface area contributed by atoms with Gasteiger partial charge in [0.2, 0.25) is 15.9 Å². The van der Waals surface area contributed by atoms with Crippen molar-refractivity contribution in [2.75, 3.05) is 25.0 Å². The summed E-state index contributed by atoms with van der Waals surface area (Å²) >= 11 is 6.10. The fourth-order valence-electron chi connectivity index (χ4n) is 7.48. The molecule has 2 aliphatic rings. The first kappa shape index (κ1) is 40.8. The van der Waals surface area contributed by atoms with Crippen LogP contribution < -0.4 is 10.0 Å². The van der Waals surface area contributed by atoms with Crippen molar-refractivity contribution in [3.63, 3.8) is 0 Å². The van der Waals surface area contributed by atoms with Crippen molar-refractivity contribution in [3.05, 3.63) is 166 Å². The molecule has 7 rings (SSSR count). The van der Waals surface area contributed by atoms with Crippen molar-refractivity contribution in [2.45, 2.75) is 74.3 Å². The molecule has 2 saturated heterocycles. The number of ether oxygens (including phenoxy) is 2. The van der Waals surface area contributed by atoms with Crippen LogP contribution >= 0.6 is 11.6 Å². The number of piperidine rings is 1. The Bertz CT molecular complexity index is 2210. The van der Waals surface area contributed by atoms with Crippen LogP contribution in [0.15, 0.2) is 132 Å². The summed E-state index contributed by atoms with van der Waals surface area (Å²) in [6.45, 7) is 3.80. The zero-order valence-corrected chi connectivity index (χ0v) is 33.3. The number of carbonyl (C=O) groups is 1. The minimum absolute atomic E-state index is 0.0599. The van der Waals surface area contributed by atoms with Crippen molar-refractivity contribution in [1.29, 1.82) is 0 Å². The van der Waals surface area contributed by atoms with Gasteiger partial charge in [0.25, 0.3) is 0 Å². The number of amides is 1. The van der Waals surface area contributed by atoms with Gasteiger partial charge >= 0.3 is 0 Å². The number of carbonyl (C=O) groups excluding carboxylic acids is 1. The summed E-state index contributed by atoms with van der Waals surface area (Å²) in [4.78, 5) is 16.3. The van der Waals surface area contributed by atoms with E-state index in [1.165, 1.54) is 12.1 Å². The second-order valence-electron chi connectivity index (χ2n) is 15.0. The summed E-state index contributed by atoms with van der Waals surface area (Å²) in [5.74, 6) is -0.513. The molecule has 5 aromatic rings. The van der Waals surface area contributed by atoms with Crippen LogP contribution in [0.2, 0.25) is 5.02 Å². The molecule has 2 heterocycles. The molecule has 5 aromatic carbocycles. The Hall–Kier alpha value is -4.43. The minimum Gasteiger partial charge on any atom is -0.392 e. The summed E-state index contributed by atoms with van der Waals surface area (Å²) in [5, 5.41) is 24.7. The fraction of sp³-hybridized carbons (Fsp3) is 0.311. The quantitative estimate of drug-likeness (QED) is 0.0981. The number of aliphatic hydroxyl groups excluding tert-OH is 1. The third kappa shape index (κ3) is 10.4. The van der Waals surface area contributed by atoms with Crippen LogP contribution in [-0.4, -0.2) is 61.2 Å². The van der Waals surface area contributed by atoms with Crippen LogP contribution in [0.1, 0.15) is 65.0 Å². The number of nitrogens with one attached hydrogen (secondary N) is 2. The molecule has 0 aliphatic carbocycles. The number of aryl methyl sites for hydroxylation is 1. The van der Waals surface area contributed by atoms with Gasteiger partial charge in [0.05, 0.1) is 29.3 Å². The first-order valence-corrected chi connectivity index (χ1v) is 21.1. The number of hydrogen-bond acceptors (Lipinski definition) is 8. The van der Waals surface area contributed by atoms with Gasteiger partial charge in [-0.05, 0) is 84.8 Å². The largest absolute Gasteiger partial charge is 0.392 e. The summed E-state index contributed by atoms with van der Waals surface area (Å²) in [5.41, 5.74) is 4.56. The lowest BCUT2D eigenvalue weighted by Gasteiger charge is -2.42. The molecule has 298 valence electrons. The molecule has 1 amide bonds. The lowest BCUT2D eigenvalue weighted by Crippen LogP contribution is -2.46. The molecule has 4 N–H and O–H groups in total. The monoisotopic (exact) mass is 809 g/mol.